The van der Waals surface area contributed by atoms with E-state index >= 15 is 0 Å². The lowest BCUT2D eigenvalue weighted by Gasteiger charge is -2.22. The lowest BCUT2D eigenvalue weighted by atomic mass is 9.93. The quantitative estimate of drug-likeness (QED) is 0.871. The Morgan fingerprint density at radius 2 is 2.11 bits per heavy atom. The van der Waals surface area contributed by atoms with Gasteiger partial charge in [-0.2, -0.15) is 5.10 Å². The summed E-state index contributed by atoms with van der Waals surface area (Å²) in [6.45, 7) is 6.13. The van der Waals surface area contributed by atoms with Crippen molar-refractivity contribution in [2.75, 3.05) is 18.4 Å². The van der Waals surface area contributed by atoms with Gasteiger partial charge in [0.05, 0.1) is 5.69 Å². The highest BCUT2D eigenvalue weighted by atomic mass is 16.1. The maximum Gasteiger partial charge on any atom is 0.225 e. The highest BCUT2D eigenvalue weighted by Gasteiger charge is 2.16. The monoisotopic (exact) mass is 264 g/mol. The predicted octanol–water partition coefficient (Wildman–Crippen LogP) is 1.76. The number of rotatable bonds is 4. The molecule has 1 fully saturated rings. The molecule has 0 spiro atoms. The average molecular weight is 264 g/mol. The van der Waals surface area contributed by atoms with Crippen LogP contribution in [-0.4, -0.2) is 28.8 Å². The van der Waals surface area contributed by atoms with E-state index in [-0.39, 0.29) is 5.91 Å². The van der Waals surface area contributed by atoms with Crippen molar-refractivity contribution in [3.8, 4) is 0 Å². The molecule has 1 aromatic heterocycles. The molecule has 19 heavy (non-hydrogen) atoms. The second kappa shape index (κ2) is 6.19. The van der Waals surface area contributed by atoms with Crippen LogP contribution in [0.5, 0.6) is 0 Å². The molecule has 0 radical (unpaired) electrons. The van der Waals surface area contributed by atoms with Crippen LogP contribution in [0.15, 0.2) is 0 Å². The van der Waals surface area contributed by atoms with Gasteiger partial charge >= 0.3 is 0 Å². The molecule has 1 saturated heterocycles. The number of hydrogen-bond acceptors (Lipinski definition) is 3. The predicted molar refractivity (Wildman–Crippen MR) is 76.1 cm³/mol. The van der Waals surface area contributed by atoms with Gasteiger partial charge in [0, 0.05) is 19.0 Å². The maximum atomic E-state index is 12.0. The third-order valence-electron chi connectivity index (χ3n) is 4.02. The molecule has 0 saturated carbocycles. The number of aryl methyl sites for hydroxylation is 2. The van der Waals surface area contributed by atoms with E-state index in [0.717, 1.165) is 36.6 Å². The lowest BCUT2D eigenvalue weighted by molar-refractivity contribution is -0.116. The number of hydrogen-bond donors (Lipinski definition) is 2. The first-order valence-corrected chi connectivity index (χ1v) is 7.08. The normalized spacial score (nSPS) is 16.6. The molecule has 2 N–H and O–H groups in total. The molecule has 0 unspecified atom stereocenters. The molecular weight excluding hydrogens is 240 g/mol. The van der Waals surface area contributed by atoms with E-state index in [1.165, 1.54) is 12.8 Å². The van der Waals surface area contributed by atoms with Crippen LogP contribution < -0.4 is 10.6 Å². The molecule has 2 rings (SSSR count). The van der Waals surface area contributed by atoms with Gasteiger partial charge in [-0.15, -0.1) is 0 Å². The molecule has 2 heterocycles. The topological polar surface area (TPSA) is 59.0 Å². The Bertz CT molecular complexity index is 447. The molecule has 106 valence electrons. The smallest absolute Gasteiger partial charge is 0.225 e. The Kier molecular flexibility index (Phi) is 4.58. The van der Waals surface area contributed by atoms with Gasteiger partial charge in [-0.1, -0.05) is 0 Å². The van der Waals surface area contributed by atoms with Crippen molar-refractivity contribution in [1.82, 2.24) is 15.1 Å². The summed E-state index contributed by atoms with van der Waals surface area (Å²) in [7, 11) is 1.86. The van der Waals surface area contributed by atoms with Crippen molar-refractivity contribution in [2.24, 2.45) is 13.0 Å². The average Bonchev–Trinajstić information content (AvgIpc) is 2.64. The molecule has 0 atom stereocenters. The molecule has 1 aliphatic heterocycles. The van der Waals surface area contributed by atoms with Gasteiger partial charge < -0.3 is 10.6 Å². The van der Waals surface area contributed by atoms with E-state index in [9.17, 15) is 4.79 Å². The van der Waals surface area contributed by atoms with Crippen molar-refractivity contribution in [3.05, 3.63) is 11.3 Å². The summed E-state index contributed by atoms with van der Waals surface area (Å²) in [6, 6.07) is 0. The van der Waals surface area contributed by atoms with Gasteiger partial charge in [0.25, 0.3) is 0 Å². The fourth-order valence-electron chi connectivity index (χ4n) is 2.64. The van der Waals surface area contributed by atoms with Gasteiger partial charge in [-0.25, -0.2) is 0 Å². The van der Waals surface area contributed by atoms with Gasteiger partial charge in [0.2, 0.25) is 5.91 Å². The minimum atomic E-state index is 0.102. The zero-order valence-corrected chi connectivity index (χ0v) is 12.1. The summed E-state index contributed by atoms with van der Waals surface area (Å²) in [5, 5.41) is 10.6. The van der Waals surface area contributed by atoms with Crippen LogP contribution >= 0.6 is 0 Å². The number of amides is 1. The number of carbonyl (C=O) groups is 1. The second-order valence-corrected chi connectivity index (χ2v) is 5.46. The maximum absolute atomic E-state index is 12.0. The minimum Gasteiger partial charge on any atom is -0.317 e. The van der Waals surface area contributed by atoms with Crippen molar-refractivity contribution in [2.45, 2.75) is 39.5 Å². The van der Waals surface area contributed by atoms with Crippen molar-refractivity contribution in [3.63, 3.8) is 0 Å². The van der Waals surface area contributed by atoms with E-state index in [0.29, 0.717) is 12.3 Å². The summed E-state index contributed by atoms with van der Waals surface area (Å²) >= 11 is 0. The van der Waals surface area contributed by atoms with E-state index in [1.807, 2.05) is 20.9 Å². The SMILES string of the molecule is Cc1nn(C)c(NC(=O)CCC2CCNCC2)c1C. The number of nitrogens with zero attached hydrogens (tertiary/aromatic N) is 2. The fraction of sp³-hybridized carbons (Fsp3) is 0.714. The van der Waals surface area contributed by atoms with E-state index in [4.69, 9.17) is 0 Å². The summed E-state index contributed by atoms with van der Waals surface area (Å²) in [5.74, 6) is 1.62. The Labute approximate surface area is 114 Å². The van der Waals surface area contributed by atoms with Crippen molar-refractivity contribution in [1.29, 1.82) is 0 Å². The first-order valence-electron chi connectivity index (χ1n) is 7.08. The standard InChI is InChI=1S/C14H24N4O/c1-10-11(2)17-18(3)14(10)16-13(19)5-4-12-6-8-15-9-7-12/h12,15H,4-9H2,1-3H3,(H,16,19). The highest BCUT2D eigenvalue weighted by Crippen LogP contribution is 2.20. The number of anilines is 1. The summed E-state index contributed by atoms with van der Waals surface area (Å²) in [5.41, 5.74) is 2.02. The molecule has 5 nitrogen and oxygen atoms in total. The number of piperidine rings is 1. The van der Waals surface area contributed by atoms with Gasteiger partial charge in [0.15, 0.2) is 0 Å². The molecule has 0 aromatic carbocycles. The van der Waals surface area contributed by atoms with Crippen molar-refractivity contribution >= 4 is 11.7 Å². The second-order valence-electron chi connectivity index (χ2n) is 5.46. The first kappa shape index (κ1) is 14.1. The van der Waals surface area contributed by atoms with E-state index in [2.05, 4.69) is 15.7 Å². The Balaban J connectivity index is 1.83. The third-order valence-corrected chi connectivity index (χ3v) is 4.02. The van der Waals surface area contributed by atoms with Crippen LogP contribution in [0.3, 0.4) is 0 Å². The molecule has 0 bridgehead atoms. The van der Waals surface area contributed by atoms with Gasteiger partial charge in [-0.05, 0) is 52.1 Å². The zero-order valence-electron chi connectivity index (χ0n) is 12.1. The van der Waals surface area contributed by atoms with E-state index in [1.54, 1.807) is 4.68 Å². The van der Waals surface area contributed by atoms with Crippen LogP contribution in [-0.2, 0) is 11.8 Å². The summed E-state index contributed by atoms with van der Waals surface area (Å²) in [6.07, 6.45) is 3.98. The fourth-order valence-corrected chi connectivity index (χ4v) is 2.64. The van der Waals surface area contributed by atoms with Crippen LogP contribution in [0.4, 0.5) is 5.82 Å². The Morgan fingerprint density at radius 1 is 1.42 bits per heavy atom. The van der Waals surface area contributed by atoms with Crippen molar-refractivity contribution < 1.29 is 4.79 Å². The largest absolute Gasteiger partial charge is 0.317 e. The molecule has 1 aromatic rings. The van der Waals surface area contributed by atoms with E-state index < -0.39 is 0 Å². The third kappa shape index (κ3) is 3.56. The molecule has 0 aliphatic carbocycles. The summed E-state index contributed by atoms with van der Waals surface area (Å²) < 4.78 is 1.74. The van der Waals surface area contributed by atoms with Crippen LogP contribution in [0, 0.1) is 19.8 Å². The number of carbonyl (C=O) groups excluding carboxylic acids is 1. The number of nitrogens with one attached hydrogen (secondary N) is 2. The molecule has 5 heteroatoms. The minimum absolute atomic E-state index is 0.102. The highest BCUT2D eigenvalue weighted by molar-refractivity contribution is 5.90. The van der Waals surface area contributed by atoms with Gasteiger partial charge in [0.1, 0.15) is 5.82 Å². The van der Waals surface area contributed by atoms with Crippen LogP contribution in [0.2, 0.25) is 0 Å². The molecule has 1 aliphatic rings. The van der Waals surface area contributed by atoms with Crippen LogP contribution in [0.25, 0.3) is 0 Å². The molecular formula is C14H24N4O. The van der Waals surface area contributed by atoms with Gasteiger partial charge in [-0.3, -0.25) is 9.48 Å². The zero-order chi connectivity index (χ0) is 13.8. The molecule has 1 amide bonds. The van der Waals surface area contributed by atoms with Crippen LogP contribution in [0.1, 0.15) is 36.9 Å². The first-order chi connectivity index (χ1) is 9.08. The Hall–Kier alpha value is -1.36. The summed E-state index contributed by atoms with van der Waals surface area (Å²) in [4.78, 5) is 12.0. The Morgan fingerprint density at radius 3 is 2.68 bits per heavy atom. The lowest BCUT2D eigenvalue weighted by Crippen LogP contribution is -2.28. The number of aromatic nitrogens is 2.